The molecule has 10 heteroatoms. The number of hydrogen-bond donors (Lipinski definition) is 0. The normalized spacial score (nSPS) is 11.2. The van der Waals surface area contributed by atoms with Gasteiger partial charge in [0.05, 0.1) is 17.6 Å². The van der Waals surface area contributed by atoms with Gasteiger partial charge in [-0.15, -0.1) is 10.2 Å². The first-order valence-electron chi connectivity index (χ1n) is 8.03. The van der Waals surface area contributed by atoms with E-state index in [9.17, 15) is 8.78 Å². The van der Waals surface area contributed by atoms with Crippen LogP contribution in [0.5, 0.6) is 0 Å². The summed E-state index contributed by atoms with van der Waals surface area (Å²) in [7, 11) is 0. The molecule has 0 bridgehead atoms. The third-order valence-corrected chi connectivity index (χ3v) is 4.69. The van der Waals surface area contributed by atoms with Gasteiger partial charge in [0.1, 0.15) is 11.6 Å². The molecule has 1 aromatic carbocycles. The van der Waals surface area contributed by atoms with E-state index in [1.54, 1.807) is 12.3 Å². The van der Waals surface area contributed by atoms with Crippen molar-refractivity contribution >= 4 is 11.8 Å². The molecular formula is C17H13F2N5O2S. The van der Waals surface area contributed by atoms with Gasteiger partial charge >= 0.3 is 0 Å². The van der Waals surface area contributed by atoms with Crippen LogP contribution in [0.2, 0.25) is 0 Å². The lowest BCUT2D eigenvalue weighted by molar-refractivity contribution is 0.422. The Labute approximate surface area is 156 Å². The lowest BCUT2D eigenvalue weighted by Gasteiger charge is -2.04. The molecule has 0 aliphatic rings. The fraction of sp³-hybridized carbons (Fsp3) is 0.176. The van der Waals surface area contributed by atoms with Crippen LogP contribution in [0.25, 0.3) is 23.0 Å². The standard InChI is InChI=1S/C17H13F2N5O2S/c1-2-24-15(13-4-3-7-25-13)21-22-17(24)27-9-14-20-16(26-23-14)11-8-10(18)5-6-12(11)19/h3-8H,2,9H2,1H3. The van der Waals surface area contributed by atoms with Gasteiger partial charge in [-0.1, -0.05) is 16.9 Å². The maximum Gasteiger partial charge on any atom is 0.261 e. The monoisotopic (exact) mass is 389 g/mol. The summed E-state index contributed by atoms with van der Waals surface area (Å²) in [4.78, 5) is 4.13. The maximum atomic E-state index is 13.8. The molecule has 0 atom stereocenters. The van der Waals surface area contributed by atoms with Crippen molar-refractivity contribution in [1.82, 2.24) is 24.9 Å². The van der Waals surface area contributed by atoms with E-state index >= 15 is 0 Å². The predicted octanol–water partition coefficient (Wildman–Crippen LogP) is 4.18. The van der Waals surface area contributed by atoms with E-state index < -0.39 is 11.6 Å². The van der Waals surface area contributed by atoms with E-state index in [1.807, 2.05) is 17.6 Å². The van der Waals surface area contributed by atoms with Crippen molar-refractivity contribution in [3.63, 3.8) is 0 Å². The fourth-order valence-corrected chi connectivity index (χ4v) is 3.33. The smallest absolute Gasteiger partial charge is 0.261 e. The summed E-state index contributed by atoms with van der Waals surface area (Å²) in [5.74, 6) is 0.631. The third kappa shape index (κ3) is 3.47. The van der Waals surface area contributed by atoms with Gasteiger partial charge < -0.3 is 8.94 Å². The second kappa shape index (κ2) is 7.31. The van der Waals surface area contributed by atoms with Gasteiger partial charge in [-0.05, 0) is 37.3 Å². The highest BCUT2D eigenvalue weighted by molar-refractivity contribution is 7.98. The first-order valence-corrected chi connectivity index (χ1v) is 9.02. The van der Waals surface area contributed by atoms with Crippen LogP contribution >= 0.6 is 11.8 Å². The van der Waals surface area contributed by atoms with E-state index in [-0.39, 0.29) is 11.5 Å². The van der Waals surface area contributed by atoms with Gasteiger partial charge in [-0.2, -0.15) is 4.98 Å². The molecule has 3 heterocycles. The summed E-state index contributed by atoms with van der Waals surface area (Å²) < 4.78 is 39.5. The van der Waals surface area contributed by atoms with E-state index in [2.05, 4.69) is 20.3 Å². The van der Waals surface area contributed by atoms with Crippen LogP contribution in [-0.2, 0) is 12.3 Å². The molecule has 4 aromatic rings. The molecule has 27 heavy (non-hydrogen) atoms. The number of thioether (sulfide) groups is 1. The number of nitrogens with zero attached hydrogens (tertiary/aromatic N) is 5. The molecule has 0 fully saturated rings. The number of halogens is 2. The zero-order valence-electron chi connectivity index (χ0n) is 14.1. The Balaban J connectivity index is 1.52. The molecule has 0 aliphatic heterocycles. The molecule has 138 valence electrons. The number of rotatable bonds is 6. The molecule has 0 saturated carbocycles. The van der Waals surface area contributed by atoms with Gasteiger partial charge in [0.15, 0.2) is 22.6 Å². The molecule has 3 aromatic heterocycles. The average Bonchev–Trinajstić information content (AvgIpc) is 3.41. The van der Waals surface area contributed by atoms with Crippen LogP contribution in [0.3, 0.4) is 0 Å². The Morgan fingerprint density at radius 1 is 1.19 bits per heavy atom. The second-order valence-corrected chi connectivity index (χ2v) is 6.40. The maximum absolute atomic E-state index is 13.8. The summed E-state index contributed by atoms with van der Waals surface area (Å²) in [6.07, 6.45) is 1.57. The summed E-state index contributed by atoms with van der Waals surface area (Å²) in [5, 5.41) is 12.8. The summed E-state index contributed by atoms with van der Waals surface area (Å²) >= 11 is 1.35. The topological polar surface area (TPSA) is 82.8 Å². The first-order chi connectivity index (χ1) is 13.2. The van der Waals surface area contributed by atoms with Gasteiger partial charge in [-0.3, -0.25) is 4.57 Å². The molecule has 0 radical (unpaired) electrons. The minimum absolute atomic E-state index is 0.0733. The Hall–Kier alpha value is -3.01. The molecule has 4 rings (SSSR count). The van der Waals surface area contributed by atoms with Crippen molar-refractivity contribution < 1.29 is 17.7 Å². The molecule has 0 unspecified atom stereocenters. The van der Waals surface area contributed by atoms with E-state index in [0.717, 1.165) is 18.2 Å². The first kappa shape index (κ1) is 17.4. The van der Waals surface area contributed by atoms with Crippen LogP contribution in [-0.4, -0.2) is 24.9 Å². The van der Waals surface area contributed by atoms with Crippen LogP contribution in [0.1, 0.15) is 12.7 Å². The Kier molecular flexibility index (Phi) is 4.71. The van der Waals surface area contributed by atoms with Crippen molar-refractivity contribution in [3.8, 4) is 23.0 Å². The lowest BCUT2D eigenvalue weighted by Crippen LogP contribution is -1.99. The minimum atomic E-state index is -0.631. The van der Waals surface area contributed by atoms with Crippen molar-refractivity contribution in [3.05, 3.63) is 54.1 Å². The molecular weight excluding hydrogens is 376 g/mol. The van der Waals surface area contributed by atoms with Gasteiger partial charge in [0.2, 0.25) is 0 Å². The Morgan fingerprint density at radius 3 is 2.85 bits per heavy atom. The van der Waals surface area contributed by atoms with Crippen LogP contribution < -0.4 is 0 Å². The second-order valence-electron chi connectivity index (χ2n) is 5.46. The molecule has 0 saturated heterocycles. The van der Waals surface area contributed by atoms with Gasteiger partial charge in [0, 0.05) is 6.54 Å². The third-order valence-electron chi connectivity index (χ3n) is 3.73. The highest BCUT2D eigenvalue weighted by Gasteiger charge is 2.18. The van der Waals surface area contributed by atoms with Crippen molar-refractivity contribution in [2.45, 2.75) is 24.4 Å². The van der Waals surface area contributed by atoms with Crippen molar-refractivity contribution in [2.75, 3.05) is 0 Å². The summed E-state index contributed by atoms with van der Waals surface area (Å²) in [6, 6.07) is 6.65. The average molecular weight is 389 g/mol. The summed E-state index contributed by atoms with van der Waals surface area (Å²) in [6.45, 7) is 2.62. The zero-order chi connectivity index (χ0) is 18.8. The van der Waals surface area contributed by atoms with Crippen LogP contribution in [0.15, 0.2) is 50.7 Å². The number of aromatic nitrogens is 5. The highest BCUT2D eigenvalue weighted by atomic mass is 32.2. The molecule has 0 spiro atoms. The Bertz CT molecular complexity index is 1060. The molecule has 0 aliphatic carbocycles. The van der Waals surface area contributed by atoms with Gasteiger partial charge in [0.25, 0.3) is 5.89 Å². The predicted molar refractivity (Wildman–Crippen MR) is 92.6 cm³/mol. The van der Waals surface area contributed by atoms with Crippen molar-refractivity contribution in [1.29, 1.82) is 0 Å². The van der Waals surface area contributed by atoms with E-state index in [4.69, 9.17) is 8.94 Å². The van der Waals surface area contributed by atoms with Crippen LogP contribution in [0, 0.1) is 11.6 Å². The number of hydrogen-bond acceptors (Lipinski definition) is 7. The summed E-state index contributed by atoms with van der Waals surface area (Å²) in [5.41, 5.74) is -0.0735. The number of furan rings is 1. The molecule has 7 nitrogen and oxygen atoms in total. The highest BCUT2D eigenvalue weighted by Crippen LogP contribution is 2.27. The van der Waals surface area contributed by atoms with E-state index in [1.165, 1.54) is 11.8 Å². The lowest BCUT2D eigenvalue weighted by atomic mass is 10.2. The molecule has 0 N–H and O–H groups in total. The Morgan fingerprint density at radius 2 is 2.07 bits per heavy atom. The molecule has 0 amide bonds. The number of benzene rings is 1. The SMILES string of the molecule is CCn1c(SCc2noc(-c3cc(F)ccc3F)n2)nnc1-c1ccco1. The largest absolute Gasteiger partial charge is 0.461 e. The van der Waals surface area contributed by atoms with Gasteiger partial charge in [-0.25, -0.2) is 8.78 Å². The fourth-order valence-electron chi connectivity index (χ4n) is 2.48. The van der Waals surface area contributed by atoms with E-state index in [0.29, 0.717) is 34.9 Å². The van der Waals surface area contributed by atoms with Crippen LogP contribution in [0.4, 0.5) is 8.78 Å². The zero-order valence-corrected chi connectivity index (χ0v) is 14.9. The quantitative estimate of drug-likeness (QED) is 0.458. The minimum Gasteiger partial charge on any atom is -0.461 e. The van der Waals surface area contributed by atoms with Crippen molar-refractivity contribution in [2.24, 2.45) is 0 Å².